The van der Waals surface area contributed by atoms with Crippen molar-refractivity contribution in [3.8, 4) is 0 Å². The first-order valence-electron chi connectivity index (χ1n) is 12.3. The van der Waals surface area contributed by atoms with E-state index in [0.717, 1.165) is 18.5 Å². The summed E-state index contributed by atoms with van der Waals surface area (Å²) in [5.41, 5.74) is 2.74. The molecule has 0 spiro atoms. The van der Waals surface area contributed by atoms with Crippen molar-refractivity contribution in [3.05, 3.63) is 92.4 Å². The third kappa shape index (κ3) is 5.19. The summed E-state index contributed by atoms with van der Waals surface area (Å²) in [6, 6.07) is 15.7. The molecule has 8 heteroatoms. The SMILES string of the molecule is C[C@H]1CN(C(=O)CCN2CCc3sccc3[C@H]2c2cccc(F)c2)CCN1C(=O)c1ccc(Cl)cc1. The summed E-state index contributed by atoms with van der Waals surface area (Å²) < 4.78 is 14.0. The van der Waals surface area contributed by atoms with Crippen molar-refractivity contribution in [2.45, 2.75) is 31.8 Å². The molecular formula is C28H29ClFN3O2S. The predicted molar refractivity (Wildman–Crippen MR) is 141 cm³/mol. The van der Waals surface area contributed by atoms with Gasteiger partial charge in [0.1, 0.15) is 5.82 Å². The number of benzene rings is 2. The van der Waals surface area contributed by atoms with E-state index in [-0.39, 0.29) is 29.7 Å². The molecule has 3 aromatic rings. The maximum Gasteiger partial charge on any atom is 0.254 e. The van der Waals surface area contributed by atoms with Crippen LogP contribution < -0.4 is 0 Å². The number of amides is 2. The van der Waals surface area contributed by atoms with E-state index in [1.807, 2.05) is 22.8 Å². The highest BCUT2D eigenvalue weighted by Gasteiger charge is 2.33. The van der Waals surface area contributed by atoms with E-state index in [9.17, 15) is 14.0 Å². The second-order valence-electron chi connectivity index (χ2n) is 9.49. The lowest BCUT2D eigenvalue weighted by Gasteiger charge is -2.41. The number of fused-ring (bicyclic) bond motifs is 1. The summed E-state index contributed by atoms with van der Waals surface area (Å²) in [5.74, 6) is -0.190. The van der Waals surface area contributed by atoms with E-state index in [2.05, 4.69) is 16.3 Å². The van der Waals surface area contributed by atoms with Crippen molar-refractivity contribution in [2.75, 3.05) is 32.7 Å². The van der Waals surface area contributed by atoms with Crippen molar-refractivity contribution < 1.29 is 14.0 Å². The molecule has 2 aliphatic rings. The Morgan fingerprint density at radius 3 is 2.64 bits per heavy atom. The molecule has 2 aliphatic heterocycles. The highest BCUT2D eigenvalue weighted by atomic mass is 35.5. The summed E-state index contributed by atoms with van der Waals surface area (Å²) >= 11 is 7.70. The lowest BCUT2D eigenvalue weighted by molar-refractivity contribution is -0.134. The number of halogens is 2. The predicted octanol–water partition coefficient (Wildman–Crippen LogP) is 5.25. The molecular weight excluding hydrogens is 497 g/mol. The molecule has 1 saturated heterocycles. The van der Waals surface area contributed by atoms with Crippen LogP contribution in [0.5, 0.6) is 0 Å². The number of hydrogen-bond acceptors (Lipinski definition) is 4. The monoisotopic (exact) mass is 525 g/mol. The molecule has 36 heavy (non-hydrogen) atoms. The fraction of sp³-hybridized carbons (Fsp3) is 0.357. The van der Waals surface area contributed by atoms with Crippen LogP contribution in [0.1, 0.15) is 45.7 Å². The standard InChI is InChI=1S/C28H29ClFN3O2S/c1-19-18-32(14-15-33(19)28(35)20-5-7-22(29)8-6-20)26(34)10-13-31-12-9-25-24(11-16-36-25)27(31)21-3-2-4-23(30)17-21/h2-8,11,16-17,19,27H,9-10,12-15,18H2,1H3/t19-,27+/m0/s1. The normalized spacial score (nSPS) is 20.3. The molecule has 5 nitrogen and oxygen atoms in total. The molecule has 0 unspecified atom stereocenters. The molecule has 3 heterocycles. The number of carbonyl (C=O) groups is 2. The van der Waals surface area contributed by atoms with Gasteiger partial charge < -0.3 is 9.80 Å². The Labute approximate surface area is 220 Å². The molecule has 188 valence electrons. The molecule has 0 saturated carbocycles. The van der Waals surface area contributed by atoms with Crippen LogP contribution in [0.4, 0.5) is 4.39 Å². The number of hydrogen-bond donors (Lipinski definition) is 0. The van der Waals surface area contributed by atoms with Crippen molar-refractivity contribution >= 4 is 34.8 Å². The Bertz CT molecular complexity index is 1250. The highest BCUT2D eigenvalue weighted by molar-refractivity contribution is 7.10. The number of thiophene rings is 1. The molecule has 1 aromatic heterocycles. The van der Waals surface area contributed by atoms with Crippen LogP contribution in [0.2, 0.25) is 5.02 Å². The van der Waals surface area contributed by atoms with Gasteiger partial charge in [-0.05, 0) is 72.3 Å². The molecule has 0 bridgehead atoms. The highest BCUT2D eigenvalue weighted by Crippen LogP contribution is 2.38. The van der Waals surface area contributed by atoms with Crippen molar-refractivity contribution in [3.63, 3.8) is 0 Å². The van der Waals surface area contributed by atoms with E-state index in [1.54, 1.807) is 47.7 Å². The average Bonchev–Trinajstić information content (AvgIpc) is 3.36. The topological polar surface area (TPSA) is 43.9 Å². The van der Waals surface area contributed by atoms with E-state index >= 15 is 0 Å². The van der Waals surface area contributed by atoms with E-state index in [0.29, 0.717) is 43.2 Å². The summed E-state index contributed by atoms with van der Waals surface area (Å²) in [7, 11) is 0. The van der Waals surface area contributed by atoms with Gasteiger partial charge in [0.15, 0.2) is 0 Å². The van der Waals surface area contributed by atoms with Gasteiger partial charge in [0, 0.05) is 60.6 Å². The molecule has 0 aliphatic carbocycles. The minimum atomic E-state index is -0.245. The van der Waals surface area contributed by atoms with Crippen LogP contribution in [0.3, 0.4) is 0 Å². The zero-order valence-electron chi connectivity index (χ0n) is 20.2. The van der Waals surface area contributed by atoms with E-state index in [1.165, 1.54) is 16.5 Å². The van der Waals surface area contributed by atoms with Crippen LogP contribution in [0.15, 0.2) is 60.0 Å². The van der Waals surface area contributed by atoms with Gasteiger partial charge in [-0.3, -0.25) is 14.5 Å². The van der Waals surface area contributed by atoms with Crippen LogP contribution in [-0.2, 0) is 11.2 Å². The lowest BCUT2D eigenvalue weighted by atomic mass is 9.93. The van der Waals surface area contributed by atoms with Gasteiger partial charge in [-0.2, -0.15) is 0 Å². The number of nitrogens with zero attached hydrogens (tertiary/aromatic N) is 3. The van der Waals surface area contributed by atoms with Crippen LogP contribution in [0, 0.1) is 5.82 Å². The van der Waals surface area contributed by atoms with Gasteiger partial charge in [0.2, 0.25) is 5.91 Å². The largest absolute Gasteiger partial charge is 0.339 e. The number of carbonyl (C=O) groups excluding carboxylic acids is 2. The third-order valence-electron chi connectivity index (χ3n) is 7.18. The number of rotatable bonds is 5. The quantitative estimate of drug-likeness (QED) is 0.457. The Morgan fingerprint density at radius 2 is 1.89 bits per heavy atom. The Balaban J connectivity index is 1.22. The second-order valence-corrected chi connectivity index (χ2v) is 10.9. The zero-order chi connectivity index (χ0) is 25.2. The van der Waals surface area contributed by atoms with E-state index in [4.69, 9.17) is 11.6 Å². The maximum atomic E-state index is 14.0. The Morgan fingerprint density at radius 1 is 1.08 bits per heavy atom. The number of piperazine rings is 1. The first-order valence-corrected chi connectivity index (χ1v) is 13.6. The smallest absolute Gasteiger partial charge is 0.254 e. The Kier molecular flexibility index (Phi) is 7.42. The van der Waals surface area contributed by atoms with E-state index < -0.39 is 0 Å². The van der Waals surface area contributed by atoms with Crippen LogP contribution in [-0.4, -0.2) is 65.3 Å². The molecule has 0 radical (unpaired) electrons. The second kappa shape index (κ2) is 10.7. The first kappa shape index (κ1) is 24.9. The lowest BCUT2D eigenvalue weighted by Crippen LogP contribution is -2.55. The first-order chi connectivity index (χ1) is 17.4. The average molecular weight is 526 g/mol. The summed E-state index contributed by atoms with van der Waals surface area (Å²) in [4.78, 5) is 33.5. The van der Waals surface area contributed by atoms with Gasteiger partial charge in [-0.1, -0.05) is 23.7 Å². The summed E-state index contributed by atoms with van der Waals surface area (Å²) in [6.45, 7) is 4.96. The zero-order valence-corrected chi connectivity index (χ0v) is 21.8. The molecule has 2 amide bonds. The molecule has 2 atom stereocenters. The van der Waals surface area contributed by atoms with Gasteiger partial charge >= 0.3 is 0 Å². The van der Waals surface area contributed by atoms with Crippen molar-refractivity contribution in [2.24, 2.45) is 0 Å². The molecule has 0 N–H and O–H groups in total. The fourth-order valence-corrected chi connectivity index (χ4v) is 6.35. The van der Waals surface area contributed by atoms with Crippen molar-refractivity contribution in [1.29, 1.82) is 0 Å². The van der Waals surface area contributed by atoms with Crippen LogP contribution >= 0.6 is 22.9 Å². The van der Waals surface area contributed by atoms with Gasteiger partial charge in [-0.15, -0.1) is 11.3 Å². The minimum Gasteiger partial charge on any atom is -0.339 e. The van der Waals surface area contributed by atoms with Gasteiger partial charge in [-0.25, -0.2) is 4.39 Å². The summed E-state index contributed by atoms with van der Waals surface area (Å²) in [6.07, 6.45) is 1.33. The van der Waals surface area contributed by atoms with Crippen LogP contribution in [0.25, 0.3) is 0 Å². The summed E-state index contributed by atoms with van der Waals surface area (Å²) in [5, 5.41) is 2.69. The van der Waals surface area contributed by atoms with Gasteiger partial charge in [0.05, 0.1) is 6.04 Å². The maximum absolute atomic E-state index is 14.0. The van der Waals surface area contributed by atoms with Crippen molar-refractivity contribution in [1.82, 2.24) is 14.7 Å². The molecule has 2 aromatic carbocycles. The molecule has 5 rings (SSSR count). The fourth-order valence-electron chi connectivity index (χ4n) is 5.32. The third-order valence-corrected chi connectivity index (χ3v) is 8.42. The van der Waals surface area contributed by atoms with Gasteiger partial charge in [0.25, 0.3) is 5.91 Å². The minimum absolute atomic E-state index is 0.0379. The molecule has 1 fully saturated rings. The Hall–Kier alpha value is -2.74.